The minimum absolute atomic E-state index is 0.565. The largest absolute Gasteiger partial charge is 0.493 e. The van der Waals surface area contributed by atoms with E-state index in [0.717, 1.165) is 60.3 Å². The predicted octanol–water partition coefficient (Wildman–Crippen LogP) is 2.97. The van der Waals surface area contributed by atoms with Gasteiger partial charge in [-0.05, 0) is 24.3 Å². The molecule has 2 aromatic heterocycles. The van der Waals surface area contributed by atoms with Crippen LogP contribution in [0.25, 0.3) is 21.8 Å². The molecule has 0 atom stereocenters. The maximum atomic E-state index is 6.09. The van der Waals surface area contributed by atoms with E-state index in [9.17, 15) is 0 Å². The number of hydrogen-bond donors (Lipinski definition) is 2. The van der Waals surface area contributed by atoms with Crippen LogP contribution in [0.2, 0.25) is 0 Å². The van der Waals surface area contributed by atoms with Crippen LogP contribution in [0, 0.1) is 0 Å². The lowest BCUT2D eigenvalue weighted by Crippen LogP contribution is -2.38. The molecule has 0 unspecified atom stereocenters. The third-order valence-corrected chi connectivity index (χ3v) is 5.39. The number of hydrogen-bond acceptors (Lipinski definition) is 8. The standard InChI is InChI=1S/C22H24N6O3/c1-29-20-12-19-17(11-21(20)31-9-6-28-4-7-30-8-5-28)22(24-14-23-19)26-16-2-3-18-15(10-16)13-25-27-18/h2-3,10-14H,4-9H2,1H3,(H,25,27)(H,23,24,26). The Kier molecular flexibility index (Phi) is 5.51. The quantitative estimate of drug-likeness (QED) is 0.471. The number of rotatable bonds is 7. The van der Waals surface area contributed by atoms with Gasteiger partial charge in [0.25, 0.3) is 0 Å². The summed E-state index contributed by atoms with van der Waals surface area (Å²) in [7, 11) is 1.64. The van der Waals surface area contributed by atoms with Crippen LogP contribution in [0.5, 0.6) is 11.5 Å². The lowest BCUT2D eigenvalue weighted by molar-refractivity contribution is 0.0321. The molecule has 9 heteroatoms. The van der Waals surface area contributed by atoms with Crippen LogP contribution < -0.4 is 14.8 Å². The van der Waals surface area contributed by atoms with Crippen molar-refractivity contribution in [3.63, 3.8) is 0 Å². The number of aromatic amines is 1. The molecule has 1 saturated heterocycles. The second-order valence-corrected chi connectivity index (χ2v) is 7.34. The van der Waals surface area contributed by atoms with Crippen LogP contribution in [0.1, 0.15) is 0 Å². The molecule has 2 N–H and O–H groups in total. The molecule has 1 aliphatic rings. The van der Waals surface area contributed by atoms with E-state index in [2.05, 4.69) is 30.4 Å². The zero-order chi connectivity index (χ0) is 21.0. The first-order chi connectivity index (χ1) is 15.3. The number of nitrogens with zero attached hydrogens (tertiary/aromatic N) is 4. The normalized spacial score (nSPS) is 14.7. The number of H-pyrrole nitrogens is 1. The molecule has 31 heavy (non-hydrogen) atoms. The lowest BCUT2D eigenvalue weighted by Gasteiger charge is -2.26. The van der Waals surface area contributed by atoms with Crippen LogP contribution in [0.3, 0.4) is 0 Å². The molecular weight excluding hydrogens is 396 g/mol. The fraction of sp³-hybridized carbons (Fsp3) is 0.318. The Labute approximate surface area is 179 Å². The molecule has 2 aromatic carbocycles. The summed E-state index contributed by atoms with van der Waals surface area (Å²) in [6, 6.07) is 9.81. The number of methoxy groups -OCH3 is 1. The summed E-state index contributed by atoms with van der Waals surface area (Å²) in [5, 5.41) is 12.3. The number of nitrogens with one attached hydrogen (secondary N) is 2. The molecule has 0 saturated carbocycles. The molecule has 9 nitrogen and oxygen atoms in total. The van der Waals surface area contributed by atoms with Gasteiger partial charge in [-0.15, -0.1) is 0 Å². The van der Waals surface area contributed by atoms with Crippen LogP contribution >= 0.6 is 0 Å². The molecule has 0 amide bonds. The van der Waals surface area contributed by atoms with Crippen LogP contribution in [-0.2, 0) is 4.74 Å². The zero-order valence-corrected chi connectivity index (χ0v) is 17.3. The van der Waals surface area contributed by atoms with Gasteiger partial charge in [0, 0.05) is 42.2 Å². The Balaban J connectivity index is 1.40. The fourth-order valence-corrected chi connectivity index (χ4v) is 3.70. The van der Waals surface area contributed by atoms with Crippen molar-refractivity contribution in [2.24, 2.45) is 0 Å². The van der Waals surface area contributed by atoms with Gasteiger partial charge in [-0.2, -0.15) is 5.10 Å². The summed E-state index contributed by atoms with van der Waals surface area (Å²) in [6.07, 6.45) is 3.34. The lowest BCUT2D eigenvalue weighted by atomic mass is 10.2. The first-order valence-electron chi connectivity index (χ1n) is 10.3. The van der Waals surface area contributed by atoms with Gasteiger partial charge >= 0.3 is 0 Å². The SMILES string of the molecule is COc1cc2ncnc(Nc3ccc4[nH]ncc4c3)c2cc1OCCN1CCOCC1. The summed E-state index contributed by atoms with van der Waals surface area (Å²) in [5.74, 6) is 2.03. The fourth-order valence-electron chi connectivity index (χ4n) is 3.70. The van der Waals surface area contributed by atoms with Crippen LogP contribution in [0.15, 0.2) is 42.9 Å². The summed E-state index contributed by atoms with van der Waals surface area (Å²) >= 11 is 0. The van der Waals surface area contributed by atoms with E-state index in [1.54, 1.807) is 19.6 Å². The summed E-state index contributed by atoms with van der Waals surface area (Å²) < 4.78 is 17.0. The monoisotopic (exact) mass is 420 g/mol. The summed E-state index contributed by atoms with van der Waals surface area (Å²) in [5.41, 5.74) is 2.68. The maximum Gasteiger partial charge on any atom is 0.162 e. The third kappa shape index (κ3) is 4.23. The summed E-state index contributed by atoms with van der Waals surface area (Å²) in [6.45, 7) is 4.82. The Bertz CT molecular complexity index is 1190. The van der Waals surface area contributed by atoms with Gasteiger partial charge in [-0.25, -0.2) is 9.97 Å². The van der Waals surface area contributed by atoms with Gasteiger partial charge in [-0.3, -0.25) is 10.00 Å². The molecule has 160 valence electrons. The first-order valence-corrected chi connectivity index (χ1v) is 10.3. The predicted molar refractivity (Wildman–Crippen MR) is 118 cm³/mol. The van der Waals surface area contributed by atoms with Crippen molar-refractivity contribution < 1.29 is 14.2 Å². The Hall–Kier alpha value is -3.43. The number of aromatic nitrogens is 4. The molecular formula is C22H24N6O3. The highest BCUT2D eigenvalue weighted by Gasteiger charge is 2.14. The van der Waals surface area contributed by atoms with Gasteiger partial charge in [0.1, 0.15) is 18.8 Å². The number of morpholine rings is 1. The molecule has 0 spiro atoms. The molecule has 3 heterocycles. The maximum absolute atomic E-state index is 6.09. The van der Waals surface area contributed by atoms with E-state index < -0.39 is 0 Å². The zero-order valence-electron chi connectivity index (χ0n) is 17.3. The molecule has 4 aromatic rings. The van der Waals surface area contributed by atoms with E-state index in [1.165, 1.54) is 0 Å². The van der Waals surface area contributed by atoms with Crippen molar-refractivity contribution in [2.45, 2.75) is 0 Å². The average Bonchev–Trinajstić information content (AvgIpc) is 3.28. The Morgan fingerprint density at radius 2 is 2.03 bits per heavy atom. The van der Waals surface area contributed by atoms with Crippen LogP contribution in [0.4, 0.5) is 11.5 Å². The summed E-state index contributed by atoms with van der Waals surface area (Å²) in [4.78, 5) is 11.2. The van der Waals surface area contributed by atoms with E-state index in [1.807, 2.05) is 30.3 Å². The Morgan fingerprint density at radius 3 is 2.90 bits per heavy atom. The minimum Gasteiger partial charge on any atom is -0.493 e. The second-order valence-electron chi connectivity index (χ2n) is 7.34. The van der Waals surface area contributed by atoms with Crippen molar-refractivity contribution in [2.75, 3.05) is 51.9 Å². The highest BCUT2D eigenvalue weighted by Crippen LogP contribution is 2.35. The number of anilines is 2. The van der Waals surface area contributed by atoms with Crippen molar-refractivity contribution in [3.8, 4) is 11.5 Å². The topological polar surface area (TPSA) is 97.4 Å². The molecule has 0 aliphatic carbocycles. The number of fused-ring (bicyclic) bond motifs is 2. The smallest absolute Gasteiger partial charge is 0.162 e. The molecule has 5 rings (SSSR count). The van der Waals surface area contributed by atoms with Gasteiger partial charge in [0.15, 0.2) is 11.5 Å². The highest BCUT2D eigenvalue weighted by molar-refractivity contribution is 5.94. The first kappa shape index (κ1) is 19.5. The van der Waals surface area contributed by atoms with Gasteiger partial charge in [0.2, 0.25) is 0 Å². The average molecular weight is 420 g/mol. The van der Waals surface area contributed by atoms with E-state index in [4.69, 9.17) is 14.2 Å². The van der Waals surface area contributed by atoms with Gasteiger partial charge < -0.3 is 19.5 Å². The van der Waals surface area contributed by atoms with E-state index in [-0.39, 0.29) is 0 Å². The van der Waals surface area contributed by atoms with Crippen LogP contribution in [-0.4, -0.2) is 71.6 Å². The van der Waals surface area contributed by atoms with Crippen molar-refractivity contribution >= 4 is 33.3 Å². The van der Waals surface area contributed by atoms with Crippen molar-refractivity contribution in [1.29, 1.82) is 0 Å². The van der Waals surface area contributed by atoms with Crippen molar-refractivity contribution in [3.05, 3.63) is 42.9 Å². The third-order valence-electron chi connectivity index (χ3n) is 5.39. The molecule has 0 radical (unpaired) electrons. The number of benzene rings is 2. The second kappa shape index (κ2) is 8.75. The van der Waals surface area contributed by atoms with E-state index in [0.29, 0.717) is 23.9 Å². The molecule has 0 bridgehead atoms. The minimum atomic E-state index is 0.565. The highest BCUT2D eigenvalue weighted by atomic mass is 16.5. The van der Waals surface area contributed by atoms with Gasteiger partial charge in [-0.1, -0.05) is 0 Å². The Morgan fingerprint density at radius 1 is 1.13 bits per heavy atom. The van der Waals surface area contributed by atoms with E-state index >= 15 is 0 Å². The van der Waals surface area contributed by atoms with Crippen molar-refractivity contribution in [1.82, 2.24) is 25.1 Å². The molecule has 1 fully saturated rings. The number of ether oxygens (including phenoxy) is 3. The molecule has 1 aliphatic heterocycles. The van der Waals surface area contributed by atoms with Gasteiger partial charge in [0.05, 0.1) is 37.6 Å².